The van der Waals surface area contributed by atoms with E-state index in [1.165, 1.54) is 6.20 Å². The molecule has 0 unspecified atom stereocenters. The molecule has 0 spiro atoms. The van der Waals surface area contributed by atoms with E-state index in [0.717, 1.165) is 0 Å². The molecule has 0 amide bonds. The van der Waals surface area contributed by atoms with Crippen molar-refractivity contribution in [2.75, 3.05) is 12.3 Å². The van der Waals surface area contributed by atoms with Gasteiger partial charge in [-0.3, -0.25) is 4.98 Å². The van der Waals surface area contributed by atoms with Crippen molar-refractivity contribution in [2.45, 2.75) is 0 Å². The number of nitrogens with zero attached hydrogens (tertiary/aromatic N) is 4. The number of azide groups is 1. The Bertz CT molecular complexity index is 394. The summed E-state index contributed by atoms with van der Waals surface area (Å²) in [5.74, 6) is 5.43. The van der Waals surface area contributed by atoms with Gasteiger partial charge < -0.3 is 5.73 Å². The fourth-order valence-corrected chi connectivity index (χ4v) is 0.722. The Hall–Kier alpha value is -2.18. The summed E-state index contributed by atoms with van der Waals surface area (Å²) in [5, 5.41) is 3.27. The molecular weight excluding hydrogens is 166 g/mol. The molecule has 1 heterocycles. The average Bonchev–Trinajstić information content (AvgIpc) is 2.15. The van der Waals surface area contributed by atoms with Crippen LogP contribution in [0.25, 0.3) is 10.4 Å². The minimum atomic E-state index is 0.151. The highest BCUT2D eigenvalue weighted by Crippen LogP contribution is 2.05. The Balaban J connectivity index is 2.77. The largest absolute Gasteiger partial charge is 0.396 e. The van der Waals surface area contributed by atoms with Crippen LogP contribution in [0.5, 0.6) is 0 Å². The van der Waals surface area contributed by atoms with Crippen LogP contribution in [-0.4, -0.2) is 11.5 Å². The lowest BCUT2D eigenvalue weighted by atomic mass is 10.2. The van der Waals surface area contributed by atoms with E-state index in [4.69, 9.17) is 11.3 Å². The Morgan fingerprint density at radius 2 is 2.54 bits per heavy atom. The van der Waals surface area contributed by atoms with Gasteiger partial charge in [-0.05, 0) is 11.6 Å². The second-order valence-electron chi connectivity index (χ2n) is 2.15. The van der Waals surface area contributed by atoms with Gasteiger partial charge in [0.25, 0.3) is 0 Å². The SMILES string of the molecule is [N-]=[N+]=NCC#Cc1ccncc1N. The predicted octanol–water partition coefficient (Wildman–Crippen LogP) is 1.33. The monoisotopic (exact) mass is 173 g/mol. The highest BCUT2D eigenvalue weighted by Gasteiger charge is 1.90. The molecule has 5 heteroatoms. The molecule has 0 fully saturated rings. The molecule has 1 rings (SSSR count). The zero-order valence-electron chi connectivity index (χ0n) is 6.81. The zero-order chi connectivity index (χ0) is 9.52. The third-order valence-corrected chi connectivity index (χ3v) is 1.29. The molecule has 64 valence electrons. The maximum absolute atomic E-state index is 7.97. The molecule has 1 aromatic heterocycles. The fourth-order valence-electron chi connectivity index (χ4n) is 0.722. The van der Waals surface area contributed by atoms with E-state index in [1.54, 1.807) is 12.3 Å². The zero-order valence-corrected chi connectivity index (χ0v) is 6.81. The molecule has 2 N–H and O–H groups in total. The molecule has 0 radical (unpaired) electrons. The second kappa shape index (κ2) is 4.65. The van der Waals surface area contributed by atoms with Crippen LogP contribution in [0.15, 0.2) is 23.6 Å². The summed E-state index contributed by atoms with van der Waals surface area (Å²) in [7, 11) is 0. The number of pyridine rings is 1. The van der Waals surface area contributed by atoms with Crippen molar-refractivity contribution in [3.05, 3.63) is 34.5 Å². The molecule has 0 bridgehead atoms. The molecular formula is C8H7N5. The Morgan fingerprint density at radius 3 is 3.23 bits per heavy atom. The van der Waals surface area contributed by atoms with Gasteiger partial charge in [0, 0.05) is 11.1 Å². The fraction of sp³-hybridized carbons (Fsp3) is 0.125. The lowest BCUT2D eigenvalue weighted by Gasteiger charge is -1.93. The third-order valence-electron chi connectivity index (χ3n) is 1.29. The third kappa shape index (κ3) is 2.73. The topological polar surface area (TPSA) is 87.7 Å². The quantitative estimate of drug-likeness (QED) is 0.300. The molecule has 1 aromatic rings. The van der Waals surface area contributed by atoms with Gasteiger partial charge in [-0.15, -0.1) is 0 Å². The van der Waals surface area contributed by atoms with Crippen molar-refractivity contribution in [1.82, 2.24) is 4.98 Å². The van der Waals surface area contributed by atoms with Crippen molar-refractivity contribution in [1.29, 1.82) is 0 Å². The summed E-state index contributed by atoms with van der Waals surface area (Å²) in [6.45, 7) is 0.151. The maximum atomic E-state index is 7.97. The van der Waals surface area contributed by atoms with Gasteiger partial charge in [0.15, 0.2) is 0 Å². The second-order valence-corrected chi connectivity index (χ2v) is 2.15. The van der Waals surface area contributed by atoms with Crippen molar-refractivity contribution >= 4 is 5.69 Å². The number of hydrogen-bond donors (Lipinski definition) is 1. The average molecular weight is 173 g/mol. The summed E-state index contributed by atoms with van der Waals surface area (Å²) in [4.78, 5) is 6.38. The van der Waals surface area contributed by atoms with Crippen LogP contribution >= 0.6 is 0 Å². The van der Waals surface area contributed by atoms with Crippen LogP contribution in [0.2, 0.25) is 0 Å². The smallest absolute Gasteiger partial charge is 0.0880 e. The predicted molar refractivity (Wildman–Crippen MR) is 49.5 cm³/mol. The van der Waals surface area contributed by atoms with Crippen LogP contribution < -0.4 is 5.73 Å². The van der Waals surface area contributed by atoms with E-state index in [-0.39, 0.29) is 6.54 Å². The van der Waals surface area contributed by atoms with E-state index >= 15 is 0 Å². The Kier molecular flexibility index (Phi) is 3.19. The lowest BCUT2D eigenvalue weighted by molar-refractivity contribution is 1.25. The molecule has 13 heavy (non-hydrogen) atoms. The van der Waals surface area contributed by atoms with Crippen LogP contribution in [0.1, 0.15) is 5.56 Å². The summed E-state index contributed by atoms with van der Waals surface area (Å²) >= 11 is 0. The van der Waals surface area contributed by atoms with E-state index in [0.29, 0.717) is 11.3 Å². The number of nitrogens with two attached hydrogens (primary N) is 1. The van der Waals surface area contributed by atoms with E-state index in [1.807, 2.05) is 0 Å². The number of nitrogen functional groups attached to an aromatic ring is 1. The van der Waals surface area contributed by atoms with E-state index < -0.39 is 0 Å². The van der Waals surface area contributed by atoms with Crippen LogP contribution in [0.3, 0.4) is 0 Å². The molecule has 5 nitrogen and oxygen atoms in total. The minimum Gasteiger partial charge on any atom is -0.396 e. The van der Waals surface area contributed by atoms with Gasteiger partial charge in [0.05, 0.1) is 24.0 Å². The van der Waals surface area contributed by atoms with E-state index in [9.17, 15) is 0 Å². The highest BCUT2D eigenvalue weighted by molar-refractivity contribution is 5.53. The molecule has 0 saturated heterocycles. The van der Waals surface area contributed by atoms with E-state index in [2.05, 4.69) is 26.9 Å². The standard InChI is InChI=1S/C8H7N5/c9-8-6-11-5-3-7(8)2-1-4-12-13-10/h3,5-6H,4,9H2. The Labute approximate surface area is 75.2 Å². The van der Waals surface area contributed by atoms with Crippen LogP contribution in [0.4, 0.5) is 5.69 Å². The number of aromatic nitrogens is 1. The van der Waals surface area contributed by atoms with Crippen molar-refractivity contribution < 1.29 is 0 Å². The van der Waals surface area contributed by atoms with Crippen molar-refractivity contribution in [3.8, 4) is 11.8 Å². The number of anilines is 1. The maximum Gasteiger partial charge on any atom is 0.0880 e. The molecule has 0 saturated carbocycles. The van der Waals surface area contributed by atoms with Crippen LogP contribution in [0, 0.1) is 11.8 Å². The van der Waals surface area contributed by atoms with Gasteiger partial charge >= 0.3 is 0 Å². The molecule has 0 aliphatic rings. The first-order chi connectivity index (χ1) is 6.34. The van der Waals surface area contributed by atoms with Crippen molar-refractivity contribution in [2.24, 2.45) is 5.11 Å². The highest BCUT2D eigenvalue weighted by atomic mass is 15.1. The van der Waals surface area contributed by atoms with Crippen molar-refractivity contribution in [3.63, 3.8) is 0 Å². The van der Waals surface area contributed by atoms with Gasteiger partial charge in [0.1, 0.15) is 0 Å². The van der Waals surface area contributed by atoms with Crippen LogP contribution in [-0.2, 0) is 0 Å². The first kappa shape index (κ1) is 8.91. The number of rotatable bonds is 1. The summed E-state index contributed by atoms with van der Waals surface area (Å²) < 4.78 is 0. The summed E-state index contributed by atoms with van der Waals surface area (Å²) in [6, 6.07) is 1.71. The van der Waals surface area contributed by atoms with Gasteiger partial charge in [-0.2, -0.15) is 0 Å². The molecule has 0 aromatic carbocycles. The van der Waals surface area contributed by atoms with Gasteiger partial charge in [-0.1, -0.05) is 17.0 Å². The lowest BCUT2D eigenvalue weighted by Crippen LogP contribution is -1.90. The summed E-state index contributed by atoms with van der Waals surface area (Å²) in [6.07, 6.45) is 3.13. The summed E-state index contributed by atoms with van der Waals surface area (Å²) in [5.41, 5.74) is 14.8. The molecule has 0 atom stereocenters. The molecule has 0 aliphatic heterocycles. The normalized spacial score (nSPS) is 8.00. The van der Waals surface area contributed by atoms with Gasteiger partial charge in [-0.25, -0.2) is 0 Å². The Morgan fingerprint density at radius 1 is 1.69 bits per heavy atom. The first-order valence-electron chi connectivity index (χ1n) is 3.54. The van der Waals surface area contributed by atoms with Gasteiger partial charge in [0.2, 0.25) is 0 Å². The first-order valence-corrected chi connectivity index (χ1v) is 3.54. The number of hydrogen-bond acceptors (Lipinski definition) is 3. The minimum absolute atomic E-state index is 0.151. The molecule has 0 aliphatic carbocycles.